The van der Waals surface area contributed by atoms with Crippen LogP contribution < -0.4 is 9.64 Å². The SMILES string of the molecule is COc1nc(C)nc(N(C)C(=O)O)n1. The first kappa shape index (κ1) is 10.2. The van der Waals surface area contributed by atoms with Gasteiger partial charge in [-0.15, -0.1) is 0 Å². The van der Waals surface area contributed by atoms with Gasteiger partial charge in [-0.25, -0.2) is 9.69 Å². The molecule has 0 aliphatic heterocycles. The van der Waals surface area contributed by atoms with E-state index in [-0.39, 0.29) is 12.0 Å². The highest BCUT2D eigenvalue weighted by atomic mass is 16.5. The Labute approximate surface area is 80.4 Å². The molecule has 0 aliphatic rings. The first-order valence-corrected chi connectivity index (χ1v) is 3.78. The van der Waals surface area contributed by atoms with Crippen LogP contribution >= 0.6 is 0 Å². The van der Waals surface area contributed by atoms with Crippen molar-refractivity contribution in [3.05, 3.63) is 5.82 Å². The van der Waals surface area contributed by atoms with Crippen LogP contribution in [0.2, 0.25) is 0 Å². The standard InChI is InChI=1S/C7H10N4O3/c1-4-8-5(11(2)7(12)13)10-6(9-4)14-3/h1-3H3,(H,12,13). The lowest BCUT2D eigenvalue weighted by Crippen LogP contribution is -2.26. The molecule has 76 valence electrons. The summed E-state index contributed by atoms with van der Waals surface area (Å²) in [6.45, 7) is 1.63. The molecule has 0 aliphatic carbocycles. The molecule has 0 spiro atoms. The molecule has 0 saturated heterocycles. The van der Waals surface area contributed by atoms with Gasteiger partial charge in [0.25, 0.3) is 0 Å². The summed E-state index contributed by atoms with van der Waals surface area (Å²) in [5.74, 6) is 0.446. The molecule has 1 aromatic rings. The van der Waals surface area contributed by atoms with E-state index in [1.165, 1.54) is 14.2 Å². The van der Waals surface area contributed by atoms with Crippen molar-refractivity contribution in [3.8, 4) is 6.01 Å². The number of ether oxygens (including phenoxy) is 1. The van der Waals surface area contributed by atoms with Crippen molar-refractivity contribution in [3.63, 3.8) is 0 Å². The Balaban J connectivity index is 3.08. The second-order valence-electron chi connectivity index (χ2n) is 2.51. The van der Waals surface area contributed by atoms with Crippen molar-refractivity contribution in [2.75, 3.05) is 19.1 Å². The smallest absolute Gasteiger partial charge is 0.413 e. The number of aromatic nitrogens is 3. The molecule has 1 N–H and O–H groups in total. The van der Waals surface area contributed by atoms with Crippen LogP contribution in [0.25, 0.3) is 0 Å². The van der Waals surface area contributed by atoms with E-state index in [0.717, 1.165) is 4.90 Å². The van der Waals surface area contributed by atoms with Gasteiger partial charge in [0.05, 0.1) is 7.11 Å². The number of hydrogen-bond donors (Lipinski definition) is 1. The molecule has 0 radical (unpaired) electrons. The molecule has 0 saturated carbocycles. The Bertz CT molecular complexity index is 355. The zero-order valence-electron chi connectivity index (χ0n) is 8.05. The van der Waals surface area contributed by atoms with Crippen LogP contribution in [0.5, 0.6) is 6.01 Å². The van der Waals surface area contributed by atoms with Crippen LogP contribution in [0, 0.1) is 6.92 Å². The second kappa shape index (κ2) is 3.86. The highest BCUT2D eigenvalue weighted by Gasteiger charge is 2.13. The predicted molar refractivity (Wildman–Crippen MR) is 47.5 cm³/mol. The lowest BCUT2D eigenvalue weighted by atomic mass is 10.6. The summed E-state index contributed by atoms with van der Waals surface area (Å²) in [7, 11) is 2.75. The topological polar surface area (TPSA) is 88.4 Å². The molecular formula is C7H10N4O3. The zero-order chi connectivity index (χ0) is 10.7. The Morgan fingerprint density at radius 2 is 2.07 bits per heavy atom. The molecule has 14 heavy (non-hydrogen) atoms. The molecule has 7 nitrogen and oxygen atoms in total. The molecule has 0 fully saturated rings. The molecule has 1 rings (SSSR count). The molecule has 0 bridgehead atoms. The maximum atomic E-state index is 10.6. The zero-order valence-corrected chi connectivity index (χ0v) is 8.05. The Morgan fingerprint density at radius 3 is 2.57 bits per heavy atom. The number of nitrogens with zero attached hydrogens (tertiary/aromatic N) is 4. The summed E-state index contributed by atoms with van der Waals surface area (Å²) < 4.78 is 4.78. The number of amides is 1. The van der Waals surface area contributed by atoms with E-state index in [1.807, 2.05) is 0 Å². The summed E-state index contributed by atoms with van der Waals surface area (Å²) in [6.07, 6.45) is -1.14. The molecule has 1 amide bonds. The number of carboxylic acid groups (broad SMARTS) is 1. The predicted octanol–water partition coefficient (Wildman–Crippen LogP) is 0.303. The van der Waals surface area contributed by atoms with Gasteiger partial charge in [0, 0.05) is 7.05 Å². The van der Waals surface area contributed by atoms with Gasteiger partial charge < -0.3 is 9.84 Å². The quantitative estimate of drug-likeness (QED) is 0.735. The second-order valence-corrected chi connectivity index (χ2v) is 2.51. The minimum Gasteiger partial charge on any atom is -0.467 e. The van der Waals surface area contributed by atoms with Crippen LogP contribution in [0.1, 0.15) is 5.82 Å². The molecule has 1 heterocycles. The monoisotopic (exact) mass is 198 g/mol. The van der Waals surface area contributed by atoms with Crippen molar-refractivity contribution in [2.45, 2.75) is 6.92 Å². The van der Waals surface area contributed by atoms with Crippen molar-refractivity contribution < 1.29 is 14.6 Å². The van der Waals surface area contributed by atoms with Gasteiger partial charge in [-0.3, -0.25) is 0 Å². The van der Waals surface area contributed by atoms with Crippen molar-refractivity contribution in [2.24, 2.45) is 0 Å². The van der Waals surface area contributed by atoms with Gasteiger partial charge in [-0.2, -0.15) is 15.0 Å². The van der Waals surface area contributed by atoms with Crippen molar-refractivity contribution in [1.82, 2.24) is 15.0 Å². The minimum absolute atomic E-state index is 0.0434. The summed E-state index contributed by atoms with van der Waals surface area (Å²) >= 11 is 0. The number of methoxy groups -OCH3 is 1. The number of carbonyl (C=O) groups is 1. The minimum atomic E-state index is -1.14. The van der Waals surface area contributed by atoms with Gasteiger partial charge in [0.2, 0.25) is 5.95 Å². The molecule has 0 atom stereocenters. The van der Waals surface area contributed by atoms with E-state index in [2.05, 4.69) is 15.0 Å². The van der Waals surface area contributed by atoms with Gasteiger partial charge in [0.15, 0.2) is 0 Å². The van der Waals surface area contributed by atoms with Crippen LogP contribution in [0.15, 0.2) is 0 Å². The maximum Gasteiger partial charge on any atom is 0.413 e. The maximum absolute atomic E-state index is 10.6. The van der Waals surface area contributed by atoms with Crippen LogP contribution in [0.3, 0.4) is 0 Å². The molecule has 0 aromatic carbocycles. The lowest BCUT2D eigenvalue weighted by molar-refractivity contribution is 0.203. The molecular weight excluding hydrogens is 188 g/mol. The van der Waals surface area contributed by atoms with Gasteiger partial charge in [-0.1, -0.05) is 0 Å². The van der Waals surface area contributed by atoms with E-state index in [4.69, 9.17) is 9.84 Å². The fourth-order valence-electron chi connectivity index (χ4n) is 0.771. The number of aryl methyl sites for hydroxylation is 1. The van der Waals surface area contributed by atoms with E-state index in [0.29, 0.717) is 5.82 Å². The van der Waals surface area contributed by atoms with Crippen molar-refractivity contribution >= 4 is 12.0 Å². The third-order valence-corrected chi connectivity index (χ3v) is 1.48. The van der Waals surface area contributed by atoms with Gasteiger partial charge in [-0.05, 0) is 6.92 Å². The normalized spacial score (nSPS) is 9.64. The summed E-state index contributed by atoms with van der Waals surface area (Å²) in [4.78, 5) is 22.9. The first-order chi connectivity index (χ1) is 6.54. The average Bonchev–Trinajstić information content (AvgIpc) is 2.15. The van der Waals surface area contributed by atoms with Crippen LogP contribution in [-0.2, 0) is 0 Å². The summed E-state index contributed by atoms with van der Waals surface area (Å²) in [6, 6.07) is 0.0978. The number of hydrogen-bond acceptors (Lipinski definition) is 5. The largest absolute Gasteiger partial charge is 0.467 e. The summed E-state index contributed by atoms with van der Waals surface area (Å²) in [5.41, 5.74) is 0. The van der Waals surface area contributed by atoms with E-state index in [9.17, 15) is 4.79 Å². The third kappa shape index (κ3) is 2.06. The fraction of sp³-hybridized carbons (Fsp3) is 0.429. The first-order valence-electron chi connectivity index (χ1n) is 3.78. The molecule has 1 aromatic heterocycles. The van der Waals surface area contributed by atoms with Gasteiger partial charge in [0.1, 0.15) is 5.82 Å². The Kier molecular flexibility index (Phi) is 2.80. The average molecular weight is 198 g/mol. The number of rotatable bonds is 2. The summed E-state index contributed by atoms with van der Waals surface area (Å²) in [5, 5.41) is 8.67. The van der Waals surface area contributed by atoms with E-state index < -0.39 is 6.09 Å². The lowest BCUT2D eigenvalue weighted by Gasteiger charge is -2.11. The van der Waals surface area contributed by atoms with Gasteiger partial charge >= 0.3 is 12.1 Å². The van der Waals surface area contributed by atoms with E-state index >= 15 is 0 Å². The fourth-order valence-corrected chi connectivity index (χ4v) is 0.771. The Hall–Kier alpha value is -1.92. The number of anilines is 1. The highest BCUT2D eigenvalue weighted by molar-refractivity contribution is 5.82. The third-order valence-electron chi connectivity index (χ3n) is 1.48. The van der Waals surface area contributed by atoms with E-state index in [1.54, 1.807) is 6.92 Å². The molecule has 0 unspecified atom stereocenters. The van der Waals surface area contributed by atoms with Crippen molar-refractivity contribution in [1.29, 1.82) is 0 Å². The Morgan fingerprint density at radius 1 is 1.43 bits per heavy atom. The highest BCUT2D eigenvalue weighted by Crippen LogP contribution is 2.09. The van der Waals surface area contributed by atoms with Crippen LogP contribution in [0.4, 0.5) is 10.7 Å². The van der Waals surface area contributed by atoms with Crippen LogP contribution in [-0.4, -0.2) is 40.3 Å². The molecule has 7 heteroatoms.